The van der Waals surface area contributed by atoms with Gasteiger partial charge in [-0.05, 0) is 31.2 Å². The minimum atomic E-state index is -0.122. The smallest absolute Gasteiger partial charge is 0.226 e. The quantitative estimate of drug-likeness (QED) is 0.662. The molecule has 2 N–H and O–H groups in total. The number of hydrogen-bond donors (Lipinski definition) is 2. The minimum absolute atomic E-state index is 0.122. The van der Waals surface area contributed by atoms with Crippen LogP contribution in [0, 0.1) is 0 Å². The van der Waals surface area contributed by atoms with Crippen LogP contribution in [0.2, 0.25) is 0 Å². The summed E-state index contributed by atoms with van der Waals surface area (Å²) in [7, 11) is 4.60. The summed E-state index contributed by atoms with van der Waals surface area (Å²) in [6.07, 6.45) is 0.309. The number of hydrogen-bond acceptors (Lipinski definition) is 6. The molecule has 0 spiro atoms. The number of carbonyl (C=O) groups is 1. The van der Waals surface area contributed by atoms with Crippen molar-refractivity contribution >= 4 is 17.3 Å². The Morgan fingerprint density at radius 3 is 2.07 bits per heavy atom. The van der Waals surface area contributed by atoms with E-state index < -0.39 is 0 Å². The Morgan fingerprint density at radius 1 is 0.926 bits per heavy atom. The van der Waals surface area contributed by atoms with E-state index in [2.05, 4.69) is 10.6 Å². The van der Waals surface area contributed by atoms with Gasteiger partial charge >= 0.3 is 0 Å². The molecule has 1 amide bonds. The molecule has 0 saturated heterocycles. The molecular weight excluding hydrogens is 348 g/mol. The van der Waals surface area contributed by atoms with Crippen LogP contribution in [-0.4, -0.2) is 40.4 Å². The van der Waals surface area contributed by atoms with Gasteiger partial charge in [0.05, 0.1) is 27.9 Å². The Morgan fingerprint density at radius 2 is 1.56 bits per heavy atom. The number of nitrogens with one attached hydrogen (secondary N) is 2. The third kappa shape index (κ3) is 5.70. The highest BCUT2D eigenvalue weighted by atomic mass is 16.5. The van der Waals surface area contributed by atoms with Gasteiger partial charge in [0.15, 0.2) is 11.5 Å². The second kappa shape index (κ2) is 10.2. The molecule has 2 rings (SSSR count). The first-order valence-electron chi connectivity index (χ1n) is 8.67. The predicted molar refractivity (Wildman–Crippen MR) is 105 cm³/mol. The first kappa shape index (κ1) is 20.2. The average Bonchev–Trinajstić information content (AvgIpc) is 2.68. The van der Waals surface area contributed by atoms with Crippen molar-refractivity contribution in [2.75, 3.05) is 45.1 Å². The van der Waals surface area contributed by atoms with E-state index in [9.17, 15) is 4.79 Å². The molecule has 0 fully saturated rings. The highest BCUT2D eigenvalue weighted by molar-refractivity contribution is 5.91. The molecule has 0 unspecified atom stereocenters. The summed E-state index contributed by atoms with van der Waals surface area (Å²) in [4.78, 5) is 12.2. The molecule has 27 heavy (non-hydrogen) atoms. The van der Waals surface area contributed by atoms with Gasteiger partial charge in [-0.1, -0.05) is 0 Å². The second-order valence-corrected chi connectivity index (χ2v) is 5.60. The van der Waals surface area contributed by atoms with Crippen LogP contribution in [0.3, 0.4) is 0 Å². The first-order chi connectivity index (χ1) is 13.1. The van der Waals surface area contributed by atoms with Crippen molar-refractivity contribution in [3.05, 3.63) is 36.4 Å². The maximum atomic E-state index is 12.2. The standard InChI is InChI=1S/C20H26N2O5/c1-5-27-16-8-6-14(7-9-16)21-11-10-19(23)22-15-12-17(24-2)20(26-4)18(13-15)25-3/h6-9,12-13,21H,5,10-11H2,1-4H3,(H,22,23). The van der Waals surface area contributed by atoms with Crippen LogP contribution in [0.4, 0.5) is 11.4 Å². The number of methoxy groups -OCH3 is 3. The monoisotopic (exact) mass is 374 g/mol. The zero-order valence-electron chi connectivity index (χ0n) is 16.1. The zero-order valence-corrected chi connectivity index (χ0v) is 16.1. The van der Waals surface area contributed by atoms with Crippen LogP contribution >= 0.6 is 0 Å². The Balaban J connectivity index is 1.90. The molecule has 0 heterocycles. The van der Waals surface area contributed by atoms with Gasteiger partial charge in [-0.3, -0.25) is 4.79 Å². The summed E-state index contributed by atoms with van der Waals surface area (Å²) in [5.41, 5.74) is 1.51. The molecule has 0 aliphatic heterocycles. The van der Waals surface area contributed by atoms with Gasteiger partial charge in [0.2, 0.25) is 11.7 Å². The highest BCUT2D eigenvalue weighted by Crippen LogP contribution is 2.39. The summed E-state index contributed by atoms with van der Waals surface area (Å²) in [6.45, 7) is 3.08. The van der Waals surface area contributed by atoms with E-state index in [0.29, 0.717) is 42.5 Å². The van der Waals surface area contributed by atoms with E-state index in [0.717, 1.165) is 11.4 Å². The molecule has 0 aliphatic carbocycles. The van der Waals surface area contributed by atoms with Crippen LogP contribution in [0.25, 0.3) is 0 Å². The maximum Gasteiger partial charge on any atom is 0.226 e. The van der Waals surface area contributed by atoms with E-state index in [-0.39, 0.29) is 5.91 Å². The molecule has 7 nitrogen and oxygen atoms in total. The zero-order chi connectivity index (χ0) is 19.6. The molecule has 2 aromatic carbocycles. The van der Waals surface area contributed by atoms with Crippen LogP contribution in [0.5, 0.6) is 23.0 Å². The van der Waals surface area contributed by atoms with Crippen LogP contribution in [-0.2, 0) is 4.79 Å². The fourth-order valence-electron chi connectivity index (χ4n) is 2.53. The summed E-state index contributed by atoms with van der Waals surface area (Å²) in [6, 6.07) is 11.0. The predicted octanol–water partition coefficient (Wildman–Crippen LogP) is 3.55. The number of amides is 1. The number of rotatable bonds is 10. The van der Waals surface area contributed by atoms with Crippen molar-refractivity contribution in [1.82, 2.24) is 0 Å². The summed E-state index contributed by atoms with van der Waals surface area (Å²) in [5.74, 6) is 2.15. The molecule has 0 aromatic heterocycles. The average molecular weight is 374 g/mol. The van der Waals surface area contributed by atoms with Crippen LogP contribution in [0.15, 0.2) is 36.4 Å². The lowest BCUT2D eigenvalue weighted by Gasteiger charge is -2.14. The van der Waals surface area contributed by atoms with E-state index >= 15 is 0 Å². The molecular formula is C20H26N2O5. The number of ether oxygens (including phenoxy) is 4. The van der Waals surface area contributed by atoms with Gasteiger partial charge in [-0.2, -0.15) is 0 Å². The van der Waals surface area contributed by atoms with E-state index in [1.54, 1.807) is 12.1 Å². The third-order valence-electron chi connectivity index (χ3n) is 3.79. The molecule has 0 saturated carbocycles. The van der Waals surface area contributed by atoms with Gasteiger partial charge in [0.1, 0.15) is 5.75 Å². The van der Waals surface area contributed by atoms with Gasteiger partial charge in [-0.15, -0.1) is 0 Å². The minimum Gasteiger partial charge on any atom is -0.494 e. The Kier molecular flexibility index (Phi) is 7.61. The maximum absolute atomic E-state index is 12.2. The van der Waals surface area contributed by atoms with Crippen molar-refractivity contribution in [2.45, 2.75) is 13.3 Å². The third-order valence-corrected chi connectivity index (χ3v) is 3.79. The fraction of sp³-hybridized carbons (Fsp3) is 0.350. The summed E-state index contributed by atoms with van der Waals surface area (Å²) < 4.78 is 21.3. The summed E-state index contributed by atoms with van der Waals surface area (Å²) >= 11 is 0. The molecule has 7 heteroatoms. The van der Waals surface area contributed by atoms with Gasteiger partial charge in [0.25, 0.3) is 0 Å². The van der Waals surface area contributed by atoms with Crippen LogP contribution < -0.4 is 29.6 Å². The number of anilines is 2. The molecule has 0 aliphatic rings. The SMILES string of the molecule is CCOc1ccc(NCCC(=O)Nc2cc(OC)c(OC)c(OC)c2)cc1. The van der Waals surface area contributed by atoms with E-state index in [4.69, 9.17) is 18.9 Å². The molecule has 2 aromatic rings. The number of carbonyl (C=O) groups excluding carboxylic acids is 1. The normalized spacial score (nSPS) is 10.1. The highest BCUT2D eigenvalue weighted by Gasteiger charge is 2.14. The Hall–Kier alpha value is -3.09. The van der Waals surface area contributed by atoms with Gasteiger partial charge < -0.3 is 29.6 Å². The fourth-order valence-corrected chi connectivity index (χ4v) is 2.53. The molecule has 0 atom stereocenters. The Labute approximate surface area is 159 Å². The van der Waals surface area contributed by atoms with Crippen molar-refractivity contribution in [2.24, 2.45) is 0 Å². The lowest BCUT2D eigenvalue weighted by molar-refractivity contribution is -0.115. The molecule has 146 valence electrons. The van der Waals surface area contributed by atoms with Crippen molar-refractivity contribution in [3.8, 4) is 23.0 Å². The van der Waals surface area contributed by atoms with E-state index in [1.165, 1.54) is 21.3 Å². The Bertz CT molecular complexity index is 722. The van der Waals surface area contributed by atoms with Gasteiger partial charge in [-0.25, -0.2) is 0 Å². The topological polar surface area (TPSA) is 78.1 Å². The number of benzene rings is 2. The summed E-state index contributed by atoms with van der Waals surface area (Å²) in [5, 5.41) is 6.05. The van der Waals surface area contributed by atoms with Crippen molar-refractivity contribution in [1.29, 1.82) is 0 Å². The second-order valence-electron chi connectivity index (χ2n) is 5.60. The van der Waals surface area contributed by atoms with Gasteiger partial charge in [0, 0.05) is 36.5 Å². The van der Waals surface area contributed by atoms with E-state index in [1.807, 2.05) is 31.2 Å². The lowest BCUT2D eigenvalue weighted by atomic mass is 10.2. The first-order valence-corrected chi connectivity index (χ1v) is 8.67. The lowest BCUT2D eigenvalue weighted by Crippen LogP contribution is -2.16. The van der Waals surface area contributed by atoms with Crippen LogP contribution in [0.1, 0.15) is 13.3 Å². The van der Waals surface area contributed by atoms with Crippen molar-refractivity contribution < 1.29 is 23.7 Å². The molecule has 0 bridgehead atoms. The van der Waals surface area contributed by atoms with Crippen molar-refractivity contribution in [3.63, 3.8) is 0 Å². The largest absolute Gasteiger partial charge is 0.494 e. The molecule has 0 radical (unpaired) electrons.